The fourth-order valence-corrected chi connectivity index (χ4v) is 1.14. The van der Waals surface area contributed by atoms with Crippen LogP contribution in [0.15, 0.2) is 41.2 Å². The first kappa shape index (κ1) is 8.50. The minimum Gasteiger partial charge on any atom is -0.507 e. The molecule has 1 N–H and O–H groups in total. The number of aromatic hydroxyl groups is 1. The fourth-order valence-electron chi connectivity index (χ4n) is 1.14. The number of phenols is 1. The van der Waals surface area contributed by atoms with Crippen molar-refractivity contribution < 1.29 is 15.9 Å². The van der Waals surface area contributed by atoms with Crippen molar-refractivity contribution in [2.75, 3.05) is 0 Å². The van der Waals surface area contributed by atoms with Crippen molar-refractivity contribution in [2.24, 2.45) is 0 Å². The van der Waals surface area contributed by atoms with Gasteiger partial charge in [0.1, 0.15) is 12.0 Å². The van der Waals surface area contributed by atoms with Gasteiger partial charge < -0.3 is 9.63 Å². The Morgan fingerprint density at radius 1 is 1.43 bits per heavy atom. The number of carbonyl (C=O) groups excluding carboxylic acids is 1. The molecule has 72 valence electrons. The van der Waals surface area contributed by atoms with Gasteiger partial charge in [-0.25, -0.2) is 0 Å². The first-order chi connectivity index (χ1) is 6.79. The summed E-state index contributed by atoms with van der Waals surface area (Å²) in [5.74, 6) is -0.344. The topological polar surface area (TPSA) is 63.3 Å². The zero-order valence-corrected chi connectivity index (χ0v) is 7.18. The summed E-state index contributed by atoms with van der Waals surface area (Å²) in [7, 11) is 0. The third-order valence-corrected chi connectivity index (χ3v) is 1.84. The molecule has 0 aliphatic carbocycles. The molecule has 1 aromatic carbocycles. The Kier molecular flexibility index (Phi) is 2.02. The summed E-state index contributed by atoms with van der Waals surface area (Å²) in [6.07, 6.45) is 2.56. The van der Waals surface area contributed by atoms with Gasteiger partial charge in [0.25, 0.3) is 0 Å². The van der Waals surface area contributed by atoms with E-state index in [0.717, 1.165) is 0 Å². The van der Waals surface area contributed by atoms with E-state index in [-0.39, 0.29) is 18.5 Å². The molecule has 0 saturated heterocycles. The van der Waals surface area contributed by atoms with Crippen LogP contribution in [-0.2, 0) is 0 Å². The van der Waals surface area contributed by atoms with E-state index in [2.05, 4.69) is 9.68 Å². The maximum Gasteiger partial charge on any atom is 0.201 e. The van der Waals surface area contributed by atoms with Crippen molar-refractivity contribution in [3.63, 3.8) is 0 Å². The lowest BCUT2D eigenvalue weighted by Crippen LogP contribution is -1.99. The van der Waals surface area contributed by atoms with Gasteiger partial charge in [0.15, 0.2) is 0 Å². The lowest BCUT2D eigenvalue weighted by molar-refractivity contribution is 0.103. The van der Waals surface area contributed by atoms with E-state index in [4.69, 9.17) is 0 Å². The highest BCUT2D eigenvalue weighted by molar-refractivity contribution is 6.10. The molecule has 0 fully saturated rings. The Morgan fingerprint density at radius 3 is 2.86 bits per heavy atom. The van der Waals surface area contributed by atoms with Gasteiger partial charge in [-0.3, -0.25) is 4.79 Å². The normalized spacial score (nSPS) is 10.0. The molecule has 4 nitrogen and oxygen atoms in total. The Bertz CT molecular complexity index is 453. The number of ketones is 1. The quantitative estimate of drug-likeness (QED) is 0.736. The summed E-state index contributed by atoms with van der Waals surface area (Å²) in [4.78, 5) is 11.7. The largest absolute Gasteiger partial charge is 0.507 e. The van der Waals surface area contributed by atoms with Crippen LogP contribution in [0.2, 0.25) is 0 Å². The Labute approximate surface area is 81.3 Å². The number of nitrogens with zero attached hydrogens (tertiary/aromatic N) is 1. The zero-order valence-electron chi connectivity index (χ0n) is 7.18. The molecular formula is C10H9NO3. The molecule has 0 saturated carbocycles. The average molecular weight is 191 g/mol. The molecule has 2 aromatic rings. The predicted molar refractivity (Wildman–Crippen MR) is 50.2 cm³/mol. The van der Waals surface area contributed by atoms with Crippen LogP contribution in [0.3, 0.4) is 0 Å². The molecule has 0 atom stereocenters. The maximum absolute atomic E-state index is 11.7. The minimum atomic E-state index is -0.302. The third-order valence-electron chi connectivity index (χ3n) is 1.84. The summed E-state index contributed by atoms with van der Waals surface area (Å²) in [5, 5.41) is 12.8. The lowest BCUT2D eigenvalue weighted by Gasteiger charge is -1.99. The third kappa shape index (κ3) is 1.37. The molecule has 0 radical (unpaired) electrons. The van der Waals surface area contributed by atoms with Gasteiger partial charge in [-0.15, -0.1) is 0 Å². The van der Waals surface area contributed by atoms with E-state index >= 15 is 0 Å². The molecule has 0 aliphatic rings. The van der Waals surface area contributed by atoms with Crippen molar-refractivity contribution in [1.82, 2.24) is 5.16 Å². The summed E-state index contributed by atoms with van der Waals surface area (Å²) >= 11 is 0. The number of phenolic OH excluding ortho intramolecular Hbond substituents is 1. The smallest absolute Gasteiger partial charge is 0.201 e. The van der Waals surface area contributed by atoms with Crippen LogP contribution in [0.25, 0.3) is 0 Å². The number of para-hydroxylation sites is 1. The van der Waals surface area contributed by atoms with E-state index in [1.54, 1.807) is 18.2 Å². The Balaban J connectivity index is 0.00000112. The molecule has 14 heavy (non-hydrogen) atoms. The lowest BCUT2D eigenvalue weighted by atomic mass is 10.1. The number of hydrogen-bond donors (Lipinski definition) is 1. The van der Waals surface area contributed by atoms with Gasteiger partial charge in [-0.1, -0.05) is 17.3 Å². The number of carbonyl (C=O) groups is 1. The van der Waals surface area contributed by atoms with Crippen molar-refractivity contribution in [3.8, 4) is 5.75 Å². The molecule has 1 heterocycles. The van der Waals surface area contributed by atoms with Crippen molar-refractivity contribution in [1.29, 1.82) is 0 Å². The number of benzene rings is 1. The Morgan fingerprint density at radius 2 is 2.21 bits per heavy atom. The van der Waals surface area contributed by atoms with Crippen molar-refractivity contribution >= 4 is 5.78 Å². The van der Waals surface area contributed by atoms with Crippen LogP contribution in [0, 0.1) is 0 Å². The van der Waals surface area contributed by atoms with Gasteiger partial charge >= 0.3 is 0 Å². The van der Waals surface area contributed by atoms with Gasteiger partial charge in [0, 0.05) is 1.43 Å². The number of hydrogen-bond acceptors (Lipinski definition) is 4. The van der Waals surface area contributed by atoms with E-state index in [0.29, 0.717) is 5.56 Å². The second kappa shape index (κ2) is 3.33. The summed E-state index contributed by atoms with van der Waals surface area (Å²) < 4.78 is 4.54. The average Bonchev–Trinajstić information content (AvgIpc) is 2.70. The van der Waals surface area contributed by atoms with Gasteiger partial charge in [-0.05, 0) is 12.1 Å². The van der Waals surface area contributed by atoms with Gasteiger partial charge in [-0.2, -0.15) is 0 Å². The minimum absolute atomic E-state index is 0. The van der Waals surface area contributed by atoms with Crippen LogP contribution in [0.5, 0.6) is 5.75 Å². The molecular weight excluding hydrogens is 182 g/mol. The van der Waals surface area contributed by atoms with E-state index in [9.17, 15) is 9.90 Å². The fraction of sp³-hybridized carbons (Fsp3) is 0. The molecule has 4 heteroatoms. The first-order valence-electron chi connectivity index (χ1n) is 4.01. The monoisotopic (exact) mass is 191 g/mol. The highest BCUT2D eigenvalue weighted by atomic mass is 16.5. The second-order valence-electron chi connectivity index (χ2n) is 2.76. The molecule has 0 aliphatic heterocycles. The van der Waals surface area contributed by atoms with Crippen LogP contribution >= 0.6 is 0 Å². The predicted octanol–water partition coefficient (Wildman–Crippen LogP) is 1.86. The zero-order chi connectivity index (χ0) is 9.97. The van der Waals surface area contributed by atoms with Crippen LogP contribution < -0.4 is 0 Å². The molecule has 0 amide bonds. The van der Waals surface area contributed by atoms with Crippen LogP contribution in [0.1, 0.15) is 17.3 Å². The van der Waals surface area contributed by atoms with E-state index < -0.39 is 0 Å². The summed E-state index contributed by atoms with van der Waals surface area (Å²) in [6, 6.07) is 6.34. The summed E-state index contributed by atoms with van der Waals surface area (Å²) in [6.45, 7) is 0. The maximum atomic E-state index is 11.7. The van der Waals surface area contributed by atoms with Gasteiger partial charge in [0.2, 0.25) is 5.78 Å². The molecule has 0 unspecified atom stereocenters. The van der Waals surface area contributed by atoms with Crippen LogP contribution in [0.4, 0.5) is 0 Å². The molecule has 0 bridgehead atoms. The molecule has 0 spiro atoms. The van der Waals surface area contributed by atoms with E-state index in [1.165, 1.54) is 18.5 Å². The molecule has 1 aromatic heterocycles. The standard InChI is InChI=1S/C10H7NO3.H2/c12-9-4-2-1-3-8(9)10(13)7-5-11-14-6-7;/h1-6,12H;1H. The highest BCUT2D eigenvalue weighted by Crippen LogP contribution is 2.19. The van der Waals surface area contributed by atoms with Crippen molar-refractivity contribution in [2.45, 2.75) is 0 Å². The number of aromatic nitrogens is 1. The Hall–Kier alpha value is -2.10. The molecule has 2 rings (SSSR count). The first-order valence-corrected chi connectivity index (χ1v) is 4.01. The number of rotatable bonds is 2. The highest BCUT2D eigenvalue weighted by Gasteiger charge is 2.13. The second-order valence-corrected chi connectivity index (χ2v) is 2.76. The van der Waals surface area contributed by atoms with Crippen molar-refractivity contribution in [3.05, 3.63) is 47.9 Å². The van der Waals surface area contributed by atoms with E-state index in [1.807, 2.05) is 0 Å². The van der Waals surface area contributed by atoms with Crippen LogP contribution in [-0.4, -0.2) is 16.0 Å². The SMILES string of the molecule is O=C(c1cnoc1)c1ccccc1O.[HH]. The summed E-state index contributed by atoms with van der Waals surface area (Å²) in [5.41, 5.74) is 0.571. The van der Waals surface area contributed by atoms with Gasteiger partial charge in [0.05, 0.1) is 17.3 Å².